The molecule has 0 amide bonds. The molecule has 0 aliphatic heterocycles. The summed E-state index contributed by atoms with van der Waals surface area (Å²) in [5.41, 5.74) is 5.92. The van der Waals surface area contributed by atoms with Crippen molar-refractivity contribution in [2.24, 2.45) is 11.7 Å². The molecule has 1 fully saturated rings. The third-order valence-electron chi connectivity index (χ3n) is 2.78. The van der Waals surface area contributed by atoms with Crippen LogP contribution in [0.15, 0.2) is 9.00 Å². The second kappa shape index (κ2) is 4.52. The Balaban J connectivity index is 2.23. The molecule has 1 aromatic rings. The first-order valence-corrected chi connectivity index (χ1v) is 7.66. The number of nitrogens with two attached hydrogens (primary N) is 1. The molecule has 6 nitrogen and oxygen atoms in total. The van der Waals surface area contributed by atoms with Gasteiger partial charge < -0.3 is 10.7 Å². The summed E-state index contributed by atoms with van der Waals surface area (Å²) in [5, 5.41) is 0. The largest absolute Gasteiger partial charge is 0.329 e. The molecule has 96 valence electrons. The maximum atomic E-state index is 12.1. The number of hydrogen-bond acceptors (Lipinski definition) is 5. The van der Waals surface area contributed by atoms with E-state index in [-0.39, 0.29) is 21.7 Å². The zero-order chi connectivity index (χ0) is 12.6. The maximum Gasteiger partial charge on any atom is 0.305 e. The summed E-state index contributed by atoms with van der Waals surface area (Å²) in [7, 11) is -3.63. The molecule has 0 bridgehead atoms. The van der Waals surface area contributed by atoms with E-state index in [9.17, 15) is 13.2 Å². The summed E-state index contributed by atoms with van der Waals surface area (Å²) in [6.07, 6.45) is 2.01. The van der Waals surface area contributed by atoms with Gasteiger partial charge in [-0.05, 0) is 25.7 Å². The van der Waals surface area contributed by atoms with Crippen LogP contribution in [0.25, 0.3) is 0 Å². The van der Waals surface area contributed by atoms with Crippen LogP contribution in [0.3, 0.4) is 0 Å². The van der Waals surface area contributed by atoms with Gasteiger partial charge in [0.05, 0.1) is 0 Å². The van der Waals surface area contributed by atoms with Crippen LogP contribution in [0.5, 0.6) is 0 Å². The van der Waals surface area contributed by atoms with Gasteiger partial charge in [-0.25, -0.2) is 13.1 Å². The molecule has 1 heterocycles. The maximum absolute atomic E-state index is 12.1. The number of hydrogen-bond donors (Lipinski definition) is 3. The van der Waals surface area contributed by atoms with E-state index in [1.54, 1.807) is 6.92 Å². The predicted molar refractivity (Wildman–Crippen MR) is 65.6 cm³/mol. The predicted octanol–water partition coefficient (Wildman–Crippen LogP) is -0.240. The van der Waals surface area contributed by atoms with E-state index in [0.29, 0.717) is 22.9 Å². The van der Waals surface area contributed by atoms with Crippen LogP contribution >= 0.6 is 11.3 Å². The number of aromatic amines is 1. The molecule has 8 heteroatoms. The van der Waals surface area contributed by atoms with Crippen molar-refractivity contribution in [3.05, 3.63) is 15.4 Å². The van der Waals surface area contributed by atoms with E-state index in [1.807, 2.05) is 0 Å². The van der Waals surface area contributed by atoms with Gasteiger partial charge in [-0.3, -0.25) is 4.79 Å². The van der Waals surface area contributed by atoms with Gasteiger partial charge in [0.15, 0.2) is 4.21 Å². The molecule has 0 radical (unpaired) electrons. The highest BCUT2D eigenvalue weighted by Crippen LogP contribution is 2.33. The Hall–Kier alpha value is -0.700. The highest BCUT2D eigenvalue weighted by molar-refractivity contribution is 7.91. The summed E-state index contributed by atoms with van der Waals surface area (Å²) in [4.78, 5) is 13.2. The lowest BCUT2D eigenvalue weighted by molar-refractivity contribution is 0.520. The van der Waals surface area contributed by atoms with Crippen molar-refractivity contribution in [2.45, 2.75) is 30.0 Å². The molecule has 1 aliphatic carbocycles. The van der Waals surface area contributed by atoms with Crippen molar-refractivity contribution >= 4 is 21.4 Å². The zero-order valence-corrected chi connectivity index (χ0v) is 11.0. The van der Waals surface area contributed by atoms with Gasteiger partial charge in [-0.15, -0.1) is 0 Å². The van der Waals surface area contributed by atoms with Crippen molar-refractivity contribution in [3.63, 3.8) is 0 Å². The van der Waals surface area contributed by atoms with Crippen molar-refractivity contribution in [2.75, 3.05) is 6.54 Å². The Morgan fingerprint density at radius 3 is 2.65 bits per heavy atom. The van der Waals surface area contributed by atoms with E-state index < -0.39 is 10.0 Å². The van der Waals surface area contributed by atoms with Gasteiger partial charge in [0.25, 0.3) is 10.0 Å². The molecular weight excluding hydrogens is 262 g/mol. The Bertz CT molecular complexity index is 556. The Kier molecular flexibility index (Phi) is 3.39. The molecule has 1 aliphatic rings. The molecule has 1 atom stereocenters. The quantitative estimate of drug-likeness (QED) is 0.690. The Morgan fingerprint density at radius 2 is 2.24 bits per heavy atom. The number of sulfonamides is 1. The molecule has 0 spiro atoms. The minimum atomic E-state index is -3.63. The van der Waals surface area contributed by atoms with E-state index in [1.165, 1.54) is 0 Å². The minimum Gasteiger partial charge on any atom is -0.329 e. The lowest BCUT2D eigenvalue weighted by Crippen LogP contribution is -2.41. The number of nitrogens with one attached hydrogen (secondary N) is 2. The van der Waals surface area contributed by atoms with Crippen molar-refractivity contribution < 1.29 is 8.42 Å². The molecule has 1 aromatic heterocycles. The van der Waals surface area contributed by atoms with Gasteiger partial charge >= 0.3 is 4.87 Å². The van der Waals surface area contributed by atoms with E-state index in [0.717, 1.165) is 12.8 Å². The summed E-state index contributed by atoms with van der Waals surface area (Å²) in [6.45, 7) is 1.85. The first-order valence-electron chi connectivity index (χ1n) is 5.36. The minimum absolute atomic E-state index is 0.0570. The smallest absolute Gasteiger partial charge is 0.305 e. The monoisotopic (exact) mass is 277 g/mol. The highest BCUT2D eigenvalue weighted by Gasteiger charge is 2.34. The molecule has 0 saturated heterocycles. The van der Waals surface area contributed by atoms with E-state index in [4.69, 9.17) is 5.73 Å². The van der Waals surface area contributed by atoms with Crippen LogP contribution in [0.2, 0.25) is 0 Å². The average Bonchev–Trinajstić information content (AvgIpc) is 3.01. The number of aryl methyl sites for hydroxylation is 1. The van der Waals surface area contributed by atoms with E-state index in [2.05, 4.69) is 9.71 Å². The van der Waals surface area contributed by atoms with Crippen molar-refractivity contribution in [1.82, 2.24) is 9.71 Å². The number of aromatic nitrogens is 1. The van der Waals surface area contributed by atoms with Gasteiger partial charge in [-0.2, -0.15) is 0 Å². The van der Waals surface area contributed by atoms with Gasteiger partial charge in [-0.1, -0.05) is 11.3 Å². The first-order chi connectivity index (χ1) is 7.94. The normalized spacial score (nSPS) is 18.2. The summed E-state index contributed by atoms with van der Waals surface area (Å²) < 4.78 is 26.7. The van der Waals surface area contributed by atoms with Crippen LogP contribution in [0.1, 0.15) is 18.5 Å². The van der Waals surface area contributed by atoms with Crippen LogP contribution in [-0.4, -0.2) is 26.0 Å². The SMILES string of the molecule is Cc1[nH]c(=O)sc1S(=O)(=O)NC(CN)C1CC1. The van der Waals surface area contributed by atoms with Crippen LogP contribution < -0.4 is 15.3 Å². The Morgan fingerprint density at radius 1 is 1.59 bits per heavy atom. The lowest BCUT2D eigenvalue weighted by atomic mass is 10.2. The average molecular weight is 277 g/mol. The second-order valence-electron chi connectivity index (χ2n) is 4.23. The van der Waals surface area contributed by atoms with E-state index >= 15 is 0 Å². The molecule has 4 N–H and O–H groups in total. The second-order valence-corrected chi connectivity index (χ2v) is 7.12. The van der Waals surface area contributed by atoms with Gasteiger partial charge in [0.2, 0.25) is 0 Å². The first kappa shape index (κ1) is 12.7. The van der Waals surface area contributed by atoms with Gasteiger partial charge in [0.1, 0.15) is 0 Å². The summed E-state index contributed by atoms with van der Waals surface area (Å²) in [6, 6.07) is -0.225. The van der Waals surface area contributed by atoms with Gasteiger partial charge in [0, 0.05) is 18.3 Å². The third-order valence-corrected chi connectivity index (χ3v) is 5.87. The molecule has 1 saturated carbocycles. The van der Waals surface area contributed by atoms with Crippen LogP contribution in [-0.2, 0) is 10.0 Å². The fourth-order valence-corrected chi connectivity index (χ4v) is 4.37. The molecule has 0 aromatic carbocycles. The fourth-order valence-electron chi connectivity index (χ4n) is 1.73. The number of rotatable bonds is 5. The van der Waals surface area contributed by atoms with Crippen LogP contribution in [0.4, 0.5) is 0 Å². The van der Waals surface area contributed by atoms with Crippen molar-refractivity contribution in [3.8, 4) is 0 Å². The molecular formula is C9H15N3O3S2. The molecule has 2 rings (SSSR count). The molecule has 1 unspecified atom stereocenters. The number of H-pyrrole nitrogens is 1. The fraction of sp³-hybridized carbons (Fsp3) is 0.667. The number of thiazole rings is 1. The molecule has 17 heavy (non-hydrogen) atoms. The van der Waals surface area contributed by atoms with Crippen molar-refractivity contribution in [1.29, 1.82) is 0 Å². The summed E-state index contributed by atoms with van der Waals surface area (Å²) in [5.74, 6) is 0.339. The summed E-state index contributed by atoms with van der Waals surface area (Å²) >= 11 is 0.704. The highest BCUT2D eigenvalue weighted by atomic mass is 32.2. The topological polar surface area (TPSA) is 105 Å². The standard InChI is InChI=1S/C9H15N3O3S2/c1-5-8(16-9(13)11-5)17(14,15)12-7(4-10)6-2-3-6/h6-7,12H,2-4,10H2,1H3,(H,11,13). The van der Waals surface area contributed by atoms with Crippen LogP contribution in [0, 0.1) is 12.8 Å². The lowest BCUT2D eigenvalue weighted by Gasteiger charge is -2.15. The third kappa shape index (κ3) is 2.76. The Labute approximate surface area is 103 Å². The zero-order valence-electron chi connectivity index (χ0n) is 9.39.